The third kappa shape index (κ3) is 2.89. The quantitative estimate of drug-likeness (QED) is 0.680. The standard InChI is InChI=1S/C21H18F3NO2/c1-11-14(20(26)27)8-9-17-15-6-3-7-16(15)19(25-18(11)17)12-4-2-5-13(10-12)21(22,23)24/h2-6,8-10,15-16,19,25H,7H2,1H3,(H,26,27)/t15-,16-,19-/m0/s1. The maximum atomic E-state index is 13.1. The van der Waals surface area contributed by atoms with Crippen molar-refractivity contribution >= 4 is 11.7 Å². The lowest BCUT2D eigenvalue weighted by molar-refractivity contribution is -0.137. The fourth-order valence-electron chi connectivity index (χ4n) is 4.28. The van der Waals surface area contributed by atoms with Gasteiger partial charge < -0.3 is 10.4 Å². The van der Waals surface area contributed by atoms with Crippen LogP contribution in [0.5, 0.6) is 0 Å². The van der Waals surface area contributed by atoms with E-state index < -0.39 is 17.7 Å². The van der Waals surface area contributed by atoms with Gasteiger partial charge in [0, 0.05) is 11.6 Å². The van der Waals surface area contributed by atoms with Gasteiger partial charge in [-0.15, -0.1) is 0 Å². The third-order valence-corrected chi connectivity index (χ3v) is 5.60. The van der Waals surface area contributed by atoms with Crippen molar-refractivity contribution in [2.24, 2.45) is 5.92 Å². The van der Waals surface area contributed by atoms with Crippen molar-refractivity contribution in [3.05, 3.63) is 76.4 Å². The first-order chi connectivity index (χ1) is 12.8. The Hall–Kier alpha value is -2.76. The first-order valence-corrected chi connectivity index (χ1v) is 8.74. The molecule has 0 aromatic heterocycles. The number of anilines is 1. The van der Waals surface area contributed by atoms with Gasteiger partial charge >= 0.3 is 12.1 Å². The molecule has 0 saturated heterocycles. The van der Waals surface area contributed by atoms with E-state index in [1.165, 1.54) is 12.1 Å². The number of aromatic carboxylic acids is 1. The Morgan fingerprint density at radius 1 is 1.22 bits per heavy atom. The SMILES string of the molecule is Cc1c(C(=O)O)ccc2c1N[C@@H](c1cccc(C(F)(F)F)c1)[C@H]1CC=C[C@H]21. The number of nitrogens with one attached hydrogen (secondary N) is 1. The van der Waals surface area contributed by atoms with Gasteiger partial charge in [0.15, 0.2) is 0 Å². The Kier molecular flexibility index (Phi) is 4.02. The Bertz CT molecular complexity index is 949. The van der Waals surface area contributed by atoms with E-state index >= 15 is 0 Å². The molecule has 6 heteroatoms. The normalized spacial score (nSPS) is 23.5. The van der Waals surface area contributed by atoms with Gasteiger partial charge in [0.25, 0.3) is 0 Å². The predicted octanol–water partition coefficient (Wildman–Crippen LogP) is 5.54. The number of halogens is 3. The molecule has 2 aromatic carbocycles. The zero-order valence-electron chi connectivity index (χ0n) is 14.5. The Labute approximate surface area is 154 Å². The maximum absolute atomic E-state index is 13.1. The molecule has 0 amide bonds. The average Bonchev–Trinajstić information content (AvgIpc) is 3.10. The summed E-state index contributed by atoms with van der Waals surface area (Å²) in [6.07, 6.45) is 0.484. The van der Waals surface area contributed by atoms with Crippen molar-refractivity contribution < 1.29 is 23.1 Å². The van der Waals surface area contributed by atoms with Gasteiger partial charge in [-0.3, -0.25) is 0 Å². The fourth-order valence-corrected chi connectivity index (χ4v) is 4.28. The van der Waals surface area contributed by atoms with Crippen LogP contribution in [-0.4, -0.2) is 11.1 Å². The van der Waals surface area contributed by atoms with Crippen molar-refractivity contribution in [3.8, 4) is 0 Å². The van der Waals surface area contributed by atoms with Crippen molar-refractivity contribution in [2.75, 3.05) is 5.32 Å². The van der Waals surface area contributed by atoms with Gasteiger partial charge in [-0.2, -0.15) is 13.2 Å². The van der Waals surface area contributed by atoms with Gasteiger partial charge in [-0.05, 0) is 54.2 Å². The lowest BCUT2D eigenvalue weighted by Gasteiger charge is -2.38. The second kappa shape index (κ2) is 6.15. The molecule has 0 unspecified atom stereocenters. The summed E-state index contributed by atoms with van der Waals surface area (Å²) in [5.74, 6) is -0.866. The number of allylic oxidation sites excluding steroid dienone is 2. The lowest BCUT2D eigenvalue weighted by Crippen LogP contribution is -2.30. The summed E-state index contributed by atoms with van der Waals surface area (Å²) in [5, 5.41) is 12.8. The Balaban J connectivity index is 1.82. The van der Waals surface area contributed by atoms with E-state index in [2.05, 4.69) is 11.4 Å². The molecule has 1 heterocycles. The van der Waals surface area contributed by atoms with Crippen LogP contribution >= 0.6 is 0 Å². The molecule has 4 rings (SSSR count). The molecular weight excluding hydrogens is 355 g/mol. The fraction of sp³-hybridized carbons (Fsp3) is 0.286. The minimum atomic E-state index is -4.40. The summed E-state index contributed by atoms with van der Waals surface area (Å²) in [5.41, 5.74) is 2.41. The summed E-state index contributed by atoms with van der Waals surface area (Å²) in [7, 11) is 0. The molecule has 0 bridgehead atoms. The molecule has 2 N–H and O–H groups in total. The summed E-state index contributed by atoms with van der Waals surface area (Å²) < 4.78 is 39.4. The molecule has 2 aliphatic rings. The molecule has 140 valence electrons. The van der Waals surface area contributed by atoms with Gasteiger partial charge in [0.1, 0.15) is 0 Å². The highest BCUT2D eigenvalue weighted by Gasteiger charge is 2.40. The van der Waals surface area contributed by atoms with Crippen LogP contribution in [0.25, 0.3) is 0 Å². The summed E-state index contributed by atoms with van der Waals surface area (Å²) in [6.45, 7) is 1.73. The number of carbonyl (C=O) groups is 1. The number of rotatable bonds is 2. The lowest BCUT2D eigenvalue weighted by atomic mass is 9.75. The third-order valence-electron chi connectivity index (χ3n) is 5.60. The van der Waals surface area contributed by atoms with E-state index in [0.29, 0.717) is 16.8 Å². The topological polar surface area (TPSA) is 49.3 Å². The molecule has 3 atom stereocenters. The molecule has 1 aliphatic carbocycles. The number of fused-ring (bicyclic) bond motifs is 3. The molecule has 0 fully saturated rings. The zero-order chi connectivity index (χ0) is 19.3. The predicted molar refractivity (Wildman–Crippen MR) is 95.9 cm³/mol. The Morgan fingerprint density at radius 3 is 2.70 bits per heavy atom. The highest BCUT2D eigenvalue weighted by molar-refractivity contribution is 5.92. The number of benzene rings is 2. The molecule has 0 radical (unpaired) electrons. The minimum absolute atomic E-state index is 0.0577. The number of alkyl halides is 3. The molecule has 2 aromatic rings. The number of hydrogen-bond acceptors (Lipinski definition) is 2. The van der Waals surface area contributed by atoms with E-state index in [1.807, 2.05) is 12.1 Å². The van der Waals surface area contributed by atoms with Crippen LogP contribution in [0.15, 0.2) is 48.6 Å². The summed E-state index contributed by atoms with van der Waals surface area (Å²) >= 11 is 0. The van der Waals surface area contributed by atoms with Gasteiger partial charge in [0.05, 0.1) is 17.2 Å². The zero-order valence-corrected chi connectivity index (χ0v) is 14.5. The van der Waals surface area contributed by atoms with Crippen molar-refractivity contribution in [1.82, 2.24) is 0 Å². The smallest absolute Gasteiger partial charge is 0.416 e. The Morgan fingerprint density at radius 2 is 2.00 bits per heavy atom. The second-order valence-electron chi connectivity index (χ2n) is 7.11. The van der Waals surface area contributed by atoms with Gasteiger partial charge in [0.2, 0.25) is 0 Å². The van der Waals surface area contributed by atoms with Crippen LogP contribution in [0.2, 0.25) is 0 Å². The van der Waals surface area contributed by atoms with E-state index in [-0.39, 0.29) is 23.4 Å². The van der Waals surface area contributed by atoms with Crippen LogP contribution in [0.4, 0.5) is 18.9 Å². The van der Waals surface area contributed by atoms with Crippen LogP contribution in [0.1, 0.15) is 51.0 Å². The number of hydrogen-bond donors (Lipinski definition) is 2. The van der Waals surface area contributed by atoms with Crippen LogP contribution in [0.3, 0.4) is 0 Å². The second-order valence-corrected chi connectivity index (χ2v) is 7.11. The summed E-state index contributed by atoms with van der Waals surface area (Å²) in [6, 6.07) is 8.48. The monoisotopic (exact) mass is 373 g/mol. The molecule has 0 spiro atoms. The largest absolute Gasteiger partial charge is 0.478 e. The highest BCUT2D eigenvalue weighted by atomic mass is 19.4. The molecule has 0 saturated carbocycles. The van der Waals surface area contributed by atoms with E-state index in [9.17, 15) is 23.1 Å². The van der Waals surface area contributed by atoms with Crippen molar-refractivity contribution in [3.63, 3.8) is 0 Å². The number of carboxylic acid groups (broad SMARTS) is 1. The highest BCUT2D eigenvalue weighted by Crippen LogP contribution is 2.51. The average molecular weight is 373 g/mol. The van der Waals surface area contributed by atoms with Crippen LogP contribution < -0.4 is 5.32 Å². The van der Waals surface area contributed by atoms with E-state index in [0.717, 1.165) is 18.1 Å². The number of carboxylic acids is 1. The first kappa shape index (κ1) is 17.6. The first-order valence-electron chi connectivity index (χ1n) is 8.74. The van der Waals surface area contributed by atoms with Crippen LogP contribution in [-0.2, 0) is 6.18 Å². The van der Waals surface area contributed by atoms with Crippen molar-refractivity contribution in [2.45, 2.75) is 31.5 Å². The molecule has 3 nitrogen and oxygen atoms in total. The summed E-state index contributed by atoms with van der Waals surface area (Å²) in [4.78, 5) is 11.5. The van der Waals surface area contributed by atoms with Gasteiger partial charge in [-0.1, -0.05) is 30.4 Å². The minimum Gasteiger partial charge on any atom is -0.478 e. The molecular formula is C21H18F3NO2. The maximum Gasteiger partial charge on any atom is 0.416 e. The van der Waals surface area contributed by atoms with E-state index in [1.54, 1.807) is 19.1 Å². The molecule has 27 heavy (non-hydrogen) atoms. The van der Waals surface area contributed by atoms with Crippen molar-refractivity contribution in [1.29, 1.82) is 0 Å². The van der Waals surface area contributed by atoms with E-state index in [4.69, 9.17) is 0 Å². The van der Waals surface area contributed by atoms with Crippen LogP contribution in [0, 0.1) is 12.8 Å². The molecule has 1 aliphatic heterocycles. The van der Waals surface area contributed by atoms with Gasteiger partial charge in [-0.25, -0.2) is 4.79 Å².